The lowest BCUT2D eigenvalue weighted by Crippen LogP contribution is -2.62. The van der Waals surface area contributed by atoms with E-state index in [0.29, 0.717) is 4.57 Å². The molecule has 0 aliphatic heterocycles. The molecule has 0 bridgehead atoms. The van der Waals surface area contributed by atoms with Gasteiger partial charge in [-0.05, 0) is 6.92 Å². The van der Waals surface area contributed by atoms with Crippen LogP contribution in [-0.2, 0) is 16.1 Å². The van der Waals surface area contributed by atoms with Gasteiger partial charge in [0.25, 0.3) is 5.56 Å². The number of rotatable bonds is 4. The van der Waals surface area contributed by atoms with Crippen molar-refractivity contribution in [3.63, 3.8) is 0 Å². The number of amides is 1. The second-order valence-electron chi connectivity index (χ2n) is 4.21. The van der Waals surface area contributed by atoms with Gasteiger partial charge in [-0.1, -0.05) is 0 Å². The summed E-state index contributed by atoms with van der Waals surface area (Å²) in [4.78, 5) is 46.0. The van der Waals surface area contributed by atoms with Crippen molar-refractivity contribution in [3.8, 4) is 0 Å². The number of carboxylic acids is 1. The van der Waals surface area contributed by atoms with E-state index in [9.17, 15) is 32.3 Å². The summed E-state index contributed by atoms with van der Waals surface area (Å²) < 4.78 is 38.6. The lowest BCUT2D eigenvalue weighted by Gasteiger charge is -2.28. The fourth-order valence-electron chi connectivity index (χ4n) is 1.29. The van der Waals surface area contributed by atoms with Crippen molar-refractivity contribution in [1.82, 2.24) is 14.9 Å². The summed E-state index contributed by atoms with van der Waals surface area (Å²) in [5, 5.41) is 9.93. The number of nitrogens with zero attached hydrogens (tertiary/aromatic N) is 1. The zero-order valence-electron chi connectivity index (χ0n) is 10.5. The average Bonchev–Trinajstić information content (AvgIpc) is 2.31. The molecule has 1 rings (SSSR count). The molecule has 0 saturated heterocycles. The molecule has 21 heavy (non-hydrogen) atoms. The molecule has 8 nitrogen and oxygen atoms in total. The maximum atomic E-state index is 12.7. The van der Waals surface area contributed by atoms with Gasteiger partial charge in [-0.25, -0.2) is 9.59 Å². The number of hydrogen-bond acceptors (Lipinski definition) is 4. The quantitative estimate of drug-likeness (QED) is 0.662. The SMILES string of the molecule is CC(NC(=O)Cn1ccc(=O)[nH]c1=O)(C(=O)O)C(F)(F)F. The molecular weight excluding hydrogens is 299 g/mol. The Kier molecular flexibility index (Phi) is 4.25. The maximum Gasteiger partial charge on any atom is 0.422 e. The fraction of sp³-hybridized carbons (Fsp3) is 0.400. The normalized spacial score (nSPS) is 14.3. The molecular formula is C10H10F3N3O5. The number of carbonyl (C=O) groups excluding carboxylic acids is 1. The minimum absolute atomic E-state index is 0.281. The van der Waals surface area contributed by atoms with E-state index in [-0.39, 0.29) is 6.92 Å². The van der Waals surface area contributed by atoms with E-state index >= 15 is 0 Å². The number of H-pyrrole nitrogens is 1. The van der Waals surface area contributed by atoms with Crippen LogP contribution in [-0.4, -0.2) is 38.2 Å². The Balaban J connectivity index is 2.97. The van der Waals surface area contributed by atoms with Crippen molar-refractivity contribution in [2.45, 2.75) is 25.2 Å². The van der Waals surface area contributed by atoms with Crippen LogP contribution < -0.4 is 16.6 Å². The van der Waals surface area contributed by atoms with Crippen LogP contribution in [0.15, 0.2) is 21.9 Å². The van der Waals surface area contributed by atoms with Gasteiger partial charge in [0, 0.05) is 12.3 Å². The summed E-state index contributed by atoms with van der Waals surface area (Å²) in [7, 11) is 0. The Morgan fingerprint density at radius 2 is 1.95 bits per heavy atom. The van der Waals surface area contributed by atoms with E-state index in [1.165, 1.54) is 5.32 Å². The van der Waals surface area contributed by atoms with Gasteiger partial charge < -0.3 is 10.4 Å². The molecule has 1 atom stereocenters. The molecule has 0 spiro atoms. The maximum absolute atomic E-state index is 12.7. The largest absolute Gasteiger partial charge is 0.479 e. The number of aromatic nitrogens is 2. The molecule has 1 unspecified atom stereocenters. The van der Waals surface area contributed by atoms with Gasteiger partial charge in [0.15, 0.2) is 0 Å². The van der Waals surface area contributed by atoms with Crippen molar-refractivity contribution < 1.29 is 27.9 Å². The minimum atomic E-state index is -5.23. The van der Waals surface area contributed by atoms with Gasteiger partial charge in [0.05, 0.1) is 0 Å². The Morgan fingerprint density at radius 3 is 2.38 bits per heavy atom. The predicted octanol–water partition coefficient (Wildman–Crippen LogP) is -0.942. The highest BCUT2D eigenvalue weighted by molar-refractivity contribution is 5.87. The van der Waals surface area contributed by atoms with E-state index in [1.54, 1.807) is 4.98 Å². The number of carboxylic acid groups (broad SMARTS) is 1. The molecule has 0 saturated carbocycles. The van der Waals surface area contributed by atoms with Crippen LogP contribution in [0.25, 0.3) is 0 Å². The molecule has 1 heterocycles. The number of halogens is 3. The second-order valence-corrected chi connectivity index (χ2v) is 4.21. The van der Waals surface area contributed by atoms with Crippen molar-refractivity contribution >= 4 is 11.9 Å². The van der Waals surface area contributed by atoms with Crippen LogP contribution in [0.5, 0.6) is 0 Å². The highest BCUT2D eigenvalue weighted by Gasteiger charge is 2.58. The standard InChI is InChI=1S/C10H10F3N3O5/c1-9(7(19)20,10(11,12)13)15-6(18)4-16-3-2-5(17)14-8(16)21/h2-3H,4H2,1H3,(H,15,18)(H,19,20)(H,14,17,21). The lowest BCUT2D eigenvalue weighted by molar-refractivity contribution is -0.207. The first kappa shape index (κ1) is 16.5. The highest BCUT2D eigenvalue weighted by Crippen LogP contribution is 2.30. The van der Waals surface area contributed by atoms with Crippen LogP contribution in [0, 0.1) is 0 Å². The highest BCUT2D eigenvalue weighted by atomic mass is 19.4. The van der Waals surface area contributed by atoms with E-state index in [1.807, 2.05) is 0 Å². The zero-order valence-corrected chi connectivity index (χ0v) is 10.5. The second kappa shape index (κ2) is 5.42. The third kappa shape index (κ3) is 3.49. The summed E-state index contributed by atoms with van der Waals surface area (Å²) in [6.07, 6.45) is -4.34. The first-order valence-corrected chi connectivity index (χ1v) is 5.38. The number of hydrogen-bond donors (Lipinski definition) is 3. The Hall–Kier alpha value is -2.59. The molecule has 11 heteroatoms. The van der Waals surface area contributed by atoms with Crippen molar-refractivity contribution in [1.29, 1.82) is 0 Å². The number of aliphatic carboxylic acids is 1. The smallest absolute Gasteiger partial charge is 0.422 e. The predicted molar refractivity (Wildman–Crippen MR) is 61.6 cm³/mol. The molecule has 3 N–H and O–H groups in total. The first-order chi connectivity index (χ1) is 9.47. The number of aromatic amines is 1. The monoisotopic (exact) mass is 309 g/mol. The molecule has 116 valence electrons. The van der Waals surface area contributed by atoms with Crippen LogP contribution in [0.4, 0.5) is 13.2 Å². The third-order valence-electron chi connectivity index (χ3n) is 2.59. The van der Waals surface area contributed by atoms with Crippen LogP contribution in [0.3, 0.4) is 0 Å². The Bertz CT molecular complexity index is 677. The van der Waals surface area contributed by atoms with Crippen molar-refractivity contribution in [3.05, 3.63) is 33.1 Å². The molecule has 0 aromatic carbocycles. The summed E-state index contributed by atoms with van der Waals surface area (Å²) in [6.45, 7) is -0.600. The van der Waals surface area contributed by atoms with Crippen molar-refractivity contribution in [2.24, 2.45) is 0 Å². The molecule has 1 aromatic rings. The number of nitrogens with one attached hydrogen (secondary N) is 2. The number of alkyl halides is 3. The van der Waals surface area contributed by atoms with Gasteiger partial charge in [-0.3, -0.25) is 19.1 Å². The molecule has 0 radical (unpaired) electrons. The minimum Gasteiger partial charge on any atom is -0.479 e. The first-order valence-electron chi connectivity index (χ1n) is 5.38. The van der Waals surface area contributed by atoms with E-state index < -0.39 is 41.4 Å². The summed E-state index contributed by atoms with van der Waals surface area (Å²) in [5.41, 5.74) is -5.25. The van der Waals surface area contributed by atoms with E-state index in [0.717, 1.165) is 12.3 Å². The average molecular weight is 309 g/mol. The van der Waals surface area contributed by atoms with Gasteiger partial charge in [-0.2, -0.15) is 13.2 Å². The van der Waals surface area contributed by atoms with Gasteiger partial charge in [0.2, 0.25) is 11.4 Å². The van der Waals surface area contributed by atoms with Gasteiger partial charge >= 0.3 is 17.8 Å². The van der Waals surface area contributed by atoms with Gasteiger partial charge in [-0.15, -0.1) is 0 Å². The summed E-state index contributed by atoms with van der Waals surface area (Å²) in [5.74, 6) is -3.65. The molecule has 0 aliphatic rings. The molecule has 1 amide bonds. The van der Waals surface area contributed by atoms with Crippen LogP contribution in [0.2, 0.25) is 0 Å². The zero-order chi connectivity index (χ0) is 16.4. The van der Waals surface area contributed by atoms with E-state index in [2.05, 4.69) is 0 Å². The topological polar surface area (TPSA) is 121 Å². The van der Waals surface area contributed by atoms with Crippen molar-refractivity contribution in [2.75, 3.05) is 0 Å². The summed E-state index contributed by atoms with van der Waals surface area (Å²) >= 11 is 0. The molecule has 0 aliphatic carbocycles. The third-order valence-corrected chi connectivity index (χ3v) is 2.59. The Morgan fingerprint density at radius 1 is 1.38 bits per heavy atom. The van der Waals surface area contributed by atoms with Gasteiger partial charge in [0.1, 0.15) is 6.54 Å². The fourth-order valence-corrected chi connectivity index (χ4v) is 1.29. The lowest BCUT2D eigenvalue weighted by atomic mass is 10.0. The molecule has 1 aromatic heterocycles. The molecule has 0 fully saturated rings. The van der Waals surface area contributed by atoms with Crippen LogP contribution in [0.1, 0.15) is 6.92 Å². The Labute approximate surface area is 114 Å². The summed E-state index contributed by atoms with van der Waals surface area (Å²) in [6, 6.07) is 0.884. The van der Waals surface area contributed by atoms with E-state index in [4.69, 9.17) is 5.11 Å². The number of carbonyl (C=O) groups is 2. The van der Waals surface area contributed by atoms with Crippen LogP contribution >= 0.6 is 0 Å².